The van der Waals surface area contributed by atoms with Crippen LogP contribution >= 0.6 is 0 Å². The Bertz CT molecular complexity index is 271. The average Bonchev–Trinajstić information content (AvgIpc) is 2.19. The summed E-state index contributed by atoms with van der Waals surface area (Å²) < 4.78 is 11.1. The van der Waals surface area contributed by atoms with Crippen molar-refractivity contribution in [3.8, 4) is 5.75 Å². The lowest BCUT2D eigenvalue weighted by Crippen LogP contribution is -2.03. The van der Waals surface area contributed by atoms with Crippen LogP contribution in [0.1, 0.15) is 32.4 Å². The van der Waals surface area contributed by atoms with Gasteiger partial charge in [0, 0.05) is 12.2 Å². The highest BCUT2D eigenvalue weighted by Crippen LogP contribution is 2.26. The van der Waals surface area contributed by atoms with Crippen molar-refractivity contribution in [3.63, 3.8) is 0 Å². The average molecular weight is 194 g/mol. The van der Waals surface area contributed by atoms with Crippen LogP contribution in [0.4, 0.5) is 0 Å². The Balaban J connectivity index is 2.82. The third kappa shape index (κ3) is 2.74. The van der Waals surface area contributed by atoms with Gasteiger partial charge in [0.1, 0.15) is 5.75 Å². The van der Waals surface area contributed by atoms with Crippen LogP contribution in [0.5, 0.6) is 5.75 Å². The first-order chi connectivity index (χ1) is 6.79. The fourth-order valence-corrected chi connectivity index (χ4v) is 1.44. The molecule has 1 atom stereocenters. The van der Waals surface area contributed by atoms with Crippen molar-refractivity contribution in [2.24, 2.45) is 0 Å². The predicted molar refractivity (Wildman–Crippen MR) is 57.7 cm³/mol. The fourth-order valence-electron chi connectivity index (χ4n) is 1.44. The van der Waals surface area contributed by atoms with Crippen LogP contribution in [-0.2, 0) is 4.74 Å². The summed E-state index contributed by atoms with van der Waals surface area (Å²) in [6.07, 6.45) is 0.0998. The molecule has 2 nitrogen and oxygen atoms in total. The summed E-state index contributed by atoms with van der Waals surface area (Å²) in [5.41, 5.74) is 1.12. The second-order valence-electron chi connectivity index (χ2n) is 3.07. The van der Waals surface area contributed by atoms with Gasteiger partial charge in [-0.2, -0.15) is 0 Å². The van der Waals surface area contributed by atoms with E-state index >= 15 is 0 Å². The van der Waals surface area contributed by atoms with Gasteiger partial charge in [0.05, 0.1) is 12.7 Å². The zero-order valence-corrected chi connectivity index (χ0v) is 9.12. The molecule has 1 aromatic carbocycles. The van der Waals surface area contributed by atoms with Crippen molar-refractivity contribution in [1.82, 2.24) is 0 Å². The number of para-hydroxylation sites is 1. The summed E-state index contributed by atoms with van der Waals surface area (Å²) in [4.78, 5) is 0. The van der Waals surface area contributed by atoms with E-state index in [1.54, 1.807) is 0 Å². The molecule has 0 heterocycles. The first kappa shape index (κ1) is 11.1. The highest BCUT2D eigenvalue weighted by molar-refractivity contribution is 5.34. The molecule has 2 heteroatoms. The highest BCUT2D eigenvalue weighted by Gasteiger charge is 2.10. The van der Waals surface area contributed by atoms with Gasteiger partial charge in [0.2, 0.25) is 0 Å². The van der Waals surface area contributed by atoms with E-state index in [-0.39, 0.29) is 6.10 Å². The molecule has 0 N–H and O–H groups in total. The van der Waals surface area contributed by atoms with Crippen LogP contribution in [0.2, 0.25) is 0 Å². The summed E-state index contributed by atoms with van der Waals surface area (Å²) in [5.74, 6) is 0.927. The smallest absolute Gasteiger partial charge is 0.125 e. The zero-order chi connectivity index (χ0) is 10.4. The molecule has 0 aliphatic carbocycles. The van der Waals surface area contributed by atoms with Crippen LogP contribution in [0.25, 0.3) is 0 Å². The number of ether oxygens (including phenoxy) is 2. The first-order valence-corrected chi connectivity index (χ1v) is 5.12. The van der Waals surface area contributed by atoms with E-state index in [2.05, 4.69) is 0 Å². The van der Waals surface area contributed by atoms with Crippen LogP contribution in [-0.4, -0.2) is 13.2 Å². The van der Waals surface area contributed by atoms with E-state index in [1.807, 2.05) is 45.0 Å². The lowest BCUT2D eigenvalue weighted by molar-refractivity contribution is 0.0740. The van der Waals surface area contributed by atoms with Crippen LogP contribution in [0.15, 0.2) is 24.3 Å². The highest BCUT2D eigenvalue weighted by atomic mass is 16.5. The van der Waals surface area contributed by atoms with Gasteiger partial charge in [0.25, 0.3) is 0 Å². The zero-order valence-electron chi connectivity index (χ0n) is 9.12. The number of hydrogen-bond acceptors (Lipinski definition) is 2. The molecule has 78 valence electrons. The molecular formula is C12H18O2. The molecule has 0 aromatic heterocycles. The van der Waals surface area contributed by atoms with Gasteiger partial charge < -0.3 is 9.47 Å². The van der Waals surface area contributed by atoms with Crippen molar-refractivity contribution in [3.05, 3.63) is 29.8 Å². The summed E-state index contributed by atoms with van der Waals surface area (Å²) in [6.45, 7) is 7.45. The Morgan fingerprint density at radius 1 is 1.14 bits per heavy atom. The number of benzene rings is 1. The SMILES string of the molecule is CCOc1ccccc1C(C)OCC. The molecule has 0 aliphatic heterocycles. The van der Waals surface area contributed by atoms with Gasteiger partial charge >= 0.3 is 0 Å². The molecule has 1 rings (SSSR count). The summed E-state index contributed by atoms with van der Waals surface area (Å²) in [6, 6.07) is 8.01. The van der Waals surface area contributed by atoms with Crippen molar-refractivity contribution in [2.45, 2.75) is 26.9 Å². The minimum Gasteiger partial charge on any atom is -0.493 e. The molecule has 0 spiro atoms. The normalized spacial score (nSPS) is 12.5. The van der Waals surface area contributed by atoms with Gasteiger partial charge in [-0.25, -0.2) is 0 Å². The van der Waals surface area contributed by atoms with Crippen molar-refractivity contribution in [2.75, 3.05) is 13.2 Å². The maximum Gasteiger partial charge on any atom is 0.125 e. The van der Waals surface area contributed by atoms with E-state index < -0.39 is 0 Å². The minimum absolute atomic E-state index is 0.0998. The van der Waals surface area contributed by atoms with Crippen LogP contribution in [0, 0.1) is 0 Å². The van der Waals surface area contributed by atoms with E-state index in [9.17, 15) is 0 Å². The minimum atomic E-state index is 0.0998. The van der Waals surface area contributed by atoms with Crippen molar-refractivity contribution in [1.29, 1.82) is 0 Å². The largest absolute Gasteiger partial charge is 0.493 e. The van der Waals surface area contributed by atoms with Crippen molar-refractivity contribution < 1.29 is 9.47 Å². The van der Waals surface area contributed by atoms with E-state index in [0.717, 1.165) is 17.9 Å². The van der Waals surface area contributed by atoms with Crippen LogP contribution < -0.4 is 4.74 Å². The third-order valence-electron chi connectivity index (χ3n) is 2.07. The molecule has 1 unspecified atom stereocenters. The van der Waals surface area contributed by atoms with Gasteiger partial charge in [0.15, 0.2) is 0 Å². The Morgan fingerprint density at radius 2 is 1.86 bits per heavy atom. The fraction of sp³-hybridized carbons (Fsp3) is 0.500. The van der Waals surface area contributed by atoms with Gasteiger partial charge in [-0.1, -0.05) is 18.2 Å². The van der Waals surface area contributed by atoms with Crippen molar-refractivity contribution >= 4 is 0 Å². The van der Waals surface area contributed by atoms with Crippen LogP contribution in [0.3, 0.4) is 0 Å². The number of hydrogen-bond donors (Lipinski definition) is 0. The standard InChI is InChI=1S/C12H18O2/c1-4-13-10(3)11-8-6-7-9-12(11)14-5-2/h6-10H,4-5H2,1-3H3. The van der Waals surface area contributed by atoms with E-state index in [1.165, 1.54) is 0 Å². The molecule has 1 aromatic rings. The Hall–Kier alpha value is -1.02. The first-order valence-electron chi connectivity index (χ1n) is 5.12. The molecule has 0 aliphatic rings. The lowest BCUT2D eigenvalue weighted by Gasteiger charge is -2.16. The molecule has 14 heavy (non-hydrogen) atoms. The maximum absolute atomic E-state index is 5.53. The molecule has 0 fully saturated rings. The molecule has 0 amide bonds. The summed E-state index contributed by atoms with van der Waals surface area (Å²) >= 11 is 0. The summed E-state index contributed by atoms with van der Waals surface area (Å²) in [5, 5.41) is 0. The molecule has 0 saturated carbocycles. The summed E-state index contributed by atoms with van der Waals surface area (Å²) in [7, 11) is 0. The van der Waals surface area contributed by atoms with E-state index in [4.69, 9.17) is 9.47 Å². The third-order valence-corrected chi connectivity index (χ3v) is 2.07. The second kappa shape index (κ2) is 5.66. The lowest BCUT2D eigenvalue weighted by atomic mass is 10.1. The Labute approximate surface area is 85.8 Å². The Kier molecular flexibility index (Phi) is 4.47. The quantitative estimate of drug-likeness (QED) is 0.716. The topological polar surface area (TPSA) is 18.5 Å². The molecular weight excluding hydrogens is 176 g/mol. The van der Waals surface area contributed by atoms with E-state index in [0.29, 0.717) is 6.61 Å². The molecule has 0 saturated heterocycles. The number of rotatable bonds is 5. The second-order valence-corrected chi connectivity index (χ2v) is 3.07. The predicted octanol–water partition coefficient (Wildman–Crippen LogP) is 3.18. The van der Waals surface area contributed by atoms with Gasteiger partial charge in [-0.05, 0) is 26.8 Å². The Morgan fingerprint density at radius 3 is 2.50 bits per heavy atom. The van der Waals surface area contributed by atoms with Gasteiger partial charge in [-0.3, -0.25) is 0 Å². The van der Waals surface area contributed by atoms with Gasteiger partial charge in [-0.15, -0.1) is 0 Å². The monoisotopic (exact) mass is 194 g/mol. The molecule has 0 bridgehead atoms. The maximum atomic E-state index is 5.53. The molecule has 0 radical (unpaired) electrons.